The molecule has 17 heavy (non-hydrogen) atoms. The lowest BCUT2D eigenvalue weighted by Crippen LogP contribution is -2.41. The molecule has 0 aromatic carbocycles. The number of carboxylic acid groups (broad SMARTS) is 1. The minimum absolute atomic E-state index is 0.389. The van der Waals surface area contributed by atoms with Gasteiger partial charge in [0.2, 0.25) is 0 Å². The van der Waals surface area contributed by atoms with Crippen molar-refractivity contribution in [1.82, 2.24) is 14.7 Å². The highest BCUT2D eigenvalue weighted by Gasteiger charge is 2.46. The summed E-state index contributed by atoms with van der Waals surface area (Å²) in [5.74, 6) is 0. The number of ether oxygens (including phenoxy) is 1. The number of carbonyl (C=O) groups is 1. The maximum atomic E-state index is 11.0. The first-order valence-electron chi connectivity index (χ1n) is 5.46. The molecule has 2 aliphatic rings. The van der Waals surface area contributed by atoms with E-state index in [-0.39, 0.29) is 0 Å². The van der Waals surface area contributed by atoms with E-state index in [0.29, 0.717) is 26.1 Å². The van der Waals surface area contributed by atoms with Crippen molar-refractivity contribution < 1.29 is 14.6 Å². The van der Waals surface area contributed by atoms with Gasteiger partial charge in [0.15, 0.2) is 0 Å². The van der Waals surface area contributed by atoms with Crippen LogP contribution in [0.15, 0.2) is 10.7 Å². The number of rotatable bonds is 0. The van der Waals surface area contributed by atoms with E-state index in [4.69, 9.17) is 9.84 Å². The molecule has 1 spiro atoms. The number of aromatic nitrogens is 2. The molecule has 1 aromatic heterocycles. The number of fused-ring (bicyclic) bond motifs is 2. The van der Waals surface area contributed by atoms with Gasteiger partial charge in [-0.25, -0.2) is 4.79 Å². The van der Waals surface area contributed by atoms with Gasteiger partial charge < -0.3 is 14.7 Å². The molecule has 1 saturated heterocycles. The van der Waals surface area contributed by atoms with E-state index < -0.39 is 11.7 Å². The summed E-state index contributed by atoms with van der Waals surface area (Å²) in [6, 6.07) is 1.92. The van der Waals surface area contributed by atoms with Crippen molar-refractivity contribution in [3.05, 3.63) is 16.4 Å². The van der Waals surface area contributed by atoms with Crippen LogP contribution in [0.25, 0.3) is 0 Å². The van der Waals surface area contributed by atoms with Gasteiger partial charge >= 0.3 is 6.09 Å². The summed E-state index contributed by atoms with van der Waals surface area (Å²) in [5.41, 5.74) is 0.467. The van der Waals surface area contributed by atoms with E-state index in [1.165, 1.54) is 4.90 Å². The SMILES string of the molecule is O=C(O)N1CCC2(C1)OCCn1nc(Br)cc12. The summed E-state index contributed by atoms with van der Waals surface area (Å²) < 4.78 is 8.53. The minimum atomic E-state index is -0.888. The average molecular weight is 302 g/mol. The lowest BCUT2D eigenvalue weighted by molar-refractivity contribution is -0.0709. The maximum Gasteiger partial charge on any atom is 0.407 e. The first-order chi connectivity index (χ1) is 8.11. The summed E-state index contributed by atoms with van der Waals surface area (Å²) in [7, 11) is 0. The zero-order valence-electron chi connectivity index (χ0n) is 9.10. The Labute approximate surface area is 106 Å². The minimum Gasteiger partial charge on any atom is -0.465 e. The zero-order valence-corrected chi connectivity index (χ0v) is 10.7. The van der Waals surface area contributed by atoms with Crippen LogP contribution in [0.2, 0.25) is 0 Å². The molecule has 7 heteroatoms. The highest BCUT2D eigenvalue weighted by atomic mass is 79.9. The van der Waals surface area contributed by atoms with Crippen LogP contribution in [-0.4, -0.2) is 45.6 Å². The van der Waals surface area contributed by atoms with Crippen molar-refractivity contribution >= 4 is 22.0 Å². The quantitative estimate of drug-likeness (QED) is 0.783. The summed E-state index contributed by atoms with van der Waals surface area (Å²) in [5, 5.41) is 13.3. The van der Waals surface area contributed by atoms with Crippen LogP contribution >= 0.6 is 15.9 Å². The van der Waals surface area contributed by atoms with Crippen LogP contribution in [-0.2, 0) is 16.9 Å². The molecule has 3 rings (SSSR count). The molecule has 1 atom stereocenters. The number of hydrogen-bond acceptors (Lipinski definition) is 3. The molecular formula is C10H12BrN3O3. The molecule has 0 bridgehead atoms. The fourth-order valence-electron chi connectivity index (χ4n) is 2.60. The van der Waals surface area contributed by atoms with Crippen molar-refractivity contribution in [3.8, 4) is 0 Å². The smallest absolute Gasteiger partial charge is 0.407 e. The van der Waals surface area contributed by atoms with Crippen LogP contribution in [0.4, 0.5) is 4.79 Å². The predicted octanol–water partition coefficient (Wildman–Crippen LogP) is 1.25. The molecule has 0 saturated carbocycles. The van der Waals surface area contributed by atoms with Crippen LogP contribution in [0.5, 0.6) is 0 Å². The predicted molar refractivity (Wildman–Crippen MR) is 61.8 cm³/mol. The number of nitrogens with zero attached hydrogens (tertiary/aromatic N) is 3. The largest absolute Gasteiger partial charge is 0.465 e. The third kappa shape index (κ3) is 1.64. The summed E-state index contributed by atoms with van der Waals surface area (Å²) >= 11 is 3.35. The second-order valence-electron chi connectivity index (χ2n) is 4.37. The third-order valence-corrected chi connectivity index (χ3v) is 3.79. The molecular weight excluding hydrogens is 290 g/mol. The van der Waals surface area contributed by atoms with Gasteiger partial charge in [-0.2, -0.15) is 5.10 Å². The van der Waals surface area contributed by atoms with E-state index in [1.807, 2.05) is 10.7 Å². The summed E-state index contributed by atoms with van der Waals surface area (Å²) in [6.07, 6.45) is -0.196. The van der Waals surface area contributed by atoms with Gasteiger partial charge in [-0.3, -0.25) is 4.68 Å². The summed E-state index contributed by atoms with van der Waals surface area (Å²) in [6.45, 7) is 2.20. The molecule has 0 radical (unpaired) electrons. The second kappa shape index (κ2) is 3.71. The van der Waals surface area contributed by atoms with Crippen molar-refractivity contribution in [2.45, 2.75) is 18.6 Å². The standard InChI is InChI=1S/C10H12BrN3O3/c11-8-5-7-10(17-4-3-14(7)12-8)1-2-13(6-10)9(15)16/h5H,1-4,6H2,(H,15,16). The van der Waals surface area contributed by atoms with Crippen LogP contribution in [0.3, 0.4) is 0 Å². The number of halogens is 1. The topological polar surface area (TPSA) is 67.6 Å². The van der Waals surface area contributed by atoms with E-state index in [2.05, 4.69) is 21.0 Å². The van der Waals surface area contributed by atoms with Crippen molar-refractivity contribution in [2.24, 2.45) is 0 Å². The molecule has 3 heterocycles. The molecule has 1 fully saturated rings. The fraction of sp³-hybridized carbons (Fsp3) is 0.600. The normalized spacial score (nSPS) is 27.5. The highest BCUT2D eigenvalue weighted by Crippen LogP contribution is 2.39. The Morgan fingerprint density at radius 3 is 3.12 bits per heavy atom. The monoisotopic (exact) mass is 301 g/mol. The molecule has 1 unspecified atom stereocenters. The highest BCUT2D eigenvalue weighted by molar-refractivity contribution is 9.10. The van der Waals surface area contributed by atoms with Crippen molar-refractivity contribution in [1.29, 1.82) is 0 Å². The fourth-order valence-corrected chi connectivity index (χ4v) is 3.00. The summed E-state index contributed by atoms with van der Waals surface area (Å²) in [4.78, 5) is 12.4. The van der Waals surface area contributed by atoms with Gasteiger partial charge in [-0.1, -0.05) is 0 Å². The van der Waals surface area contributed by atoms with E-state index in [1.54, 1.807) is 0 Å². The van der Waals surface area contributed by atoms with E-state index >= 15 is 0 Å². The van der Waals surface area contributed by atoms with Gasteiger partial charge in [-0.15, -0.1) is 0 Å². The Bertz CT molecular complexity index is 475. The molecule has 1 aromatic rings. The first kappa shape index (κ1) is 11.0. The molecule has 1 N–H and O–H groups in total. The van der Waals surface area contributed by atoms with E-state index in [9.17, 15) is 4.79 Å². The first-order valence-corrected chi connectivity index (χ1v) is 6.26. The number of amides is 1. The van der Waals surface area contributed by atoms with Gasteiger partial charge in [0.25, 0.3) is 0 Å². The zero-order chi connectivity index (χ0) is 12.0. The average Bonchev–Trinajstić information content (AvgIpc) is 2.84. The molecule has 0 aliphatic carbocycles. The Morgan fingerprint density at radius 1 is 1.59 bits per heavy atom. The molecule has 2 aliphatic heterocycles. The van der Waals surface area contributed by atoms with Gasteiger partial charge in [-0.05, 0) is 22.0 Å². The second-order valence-corrected chi connectivity index (χ2v) is 5.18. The maximum absolute atomic E-state index is 11.0. The Morgan fingerprint density at radius 2 is 2.41 bits per heavy atom. The molecule has 6 nitrogen and oxygen atoms in total. The Balaban J connectivity index is 1.97. The third-order valence-electron chi connectivity index (χ3n) is 3.40. The number of hydrogen-bond donors (Lipinski definition) is 1. The van der Waals surface area contributed by atoms with E-state index in [0.717, 1.165) is 16.8 Å². The van der Waals surface area contributed by atoms with Crippen LogP contribution in [0.1, 0.15) is 12.1 Å². The van der Waals surface area contributed by atoms with Crippen LogP contribution in [0, 0.1) is 0 Å². The van der Waals surface area contributed by atoms with Gasteiger partial charge in [0.1, 0.15) is 10.2 Å². The molecule has 1 amide bonds. The Kier molecular flexibility index (Phi) is 2.41. The van der Waals surface area contributed by atoms with Crippen molar-refractivity contribution in [2.75, 3.05) is 19.7 Å². The number of likely N-dealkylation sites (tertiary alicyclic amines) is 1. The van der Waals surface area contributed by atoms with Gasteiger partial charge in [0.05, 0.1) is 25.4 Å². The Hall–Kier alpha value is -1.08. The lowest BCUT2D eigenvalue weighted by atomic mass is 9.97. The van der Waals surface area contributed by atoms with Crippen molar-refractivity contribution in [3.63, 3.8) is 0 Å². The van der Waals surface area contributed by atoms with Gasteiger partial charge in [0, 0.05) is 13.0 Å². The molecule has 92 valence electrons. The van der Waals surface area contributed by atoms with Crippen LogP contribution < -0.4 is 0 Å². The lowest BCUT2D eigenvalue weighted by Gasteiger charge is -2.33.